The van der Waals surface area contributed by atoms with Gasteiger partial charge in [-0.25, -0.2) is 10.2 Å². The summed E-state index contributed by atoms with van der Waals surface area (Å²) in [6.45, 7) is 1.65. The van der Waals surface area contributed by atoms with Crippen molar-refractivity contribution in [3.8, 4) is 5.75 Å². The van der Waals surface area contributed by atoms with Gasteiger partial charge in [-0.05, 0) is 67.1 Å². The maximum Gasteiger partial charge on any atom is 0.343 e. The van der Waals surface area contributed by atoms with E-state index in [2.05, 4.69) is 15.8 Å². The van der Waals surface area contributed by atoms with Crippen LogP contribution in [0, 0.1) is 0 Å². The van der Waals surface area contributed by atoms with Gasteiger partial charge in [-0.2, -0.15) is 5.10 Å². The summed E-state index contributed by atoms with van der Waals surface area (Å²) in [6, 6.07) is 19.6. The maximum absolute atomic E-state index is 12.1. The number of benzene rings is 3. The number of rotatable bonds is 5. The topological polar surface area (TPSA) is 96.9 Å². The number of amides is 2. The first-order valence-electron chi connectivity index (χ1n) is 9.32. The second-order valence-corrected chi connectivity index (χ2v) is 7.32. The smallest absolute Gasteiger partial charge is 0.343 e. The van der Waals surface area contributed by atoms with Gasteiger partial charge in [0.2, 0.25) is 0 Å². The first kappa shape index (κ1) is 23.0. The van der Waals surface area contributed by atoms with Crippen LogP contribution < -0.4 is 15.5 Å². The molecule has 0 heterocycles. The van der Waals surface area contributed by atoms with E-state index in [0.29, 0.717) is 33.3 Å². The third kappa shape index (κ3) is 6.16. The third-order valence-corrected chi connectivity index (χ3v) is 4.94. The van der Waals surface area contributed by atoms with Gasteiger partial charge in [0.25, 0.3) is 0 Å². The van der Waals surface area contributed by atoms with Crippen molar-refractivity contribution in [1.29, 1.82) is 0 Å². The second-order valence-electron chi connectivity index (χ2n) is 6.50. The first-order valence-corrected chi connectivity index (χ1v) is 10.1. The summed E-state index contributed by atoms with van der Waals surface area (Å²) in [6.07, 6.45) is 0. The summed E-state index contributed by atoms with van der Waals surface area (Å²) in [5.41, 5.74) is 4.06. The van der Waals surface area contributed by atoms with Gasteiger partial charge >= 0.3 is 17.8 Å². The normalized spacial score (nSPS) is 10.9. The van der Waals surface area contributed by atoms with Crippen LogP contribution in [0.15, 0.2) is 77.9 Å². The highest BCUT2D eigenvalue weighted by atomic mass is 35.5. The number of hydrogen-bond acceptors (Lipinski definition) is 5. The van der Waals surface area contributed by atoms with Crippen LogP contribution in [0.4, 0.5) is 5.69 Å². The Bertz CT molecular complexity index is 1180. The van der Waals surface area contributed by atoms with Crippen molar-refractivity contribution in [3.05, 3.63) is 94.0 Å². The lowest BCUT2D eigenvalue weighted by Crippen LogP contribution is -2.32. The Morgan fingerprint density at radius 2 is 1.50 bits per heavy atom. The number of halogens is 2. The van der Waals surface area contributed by atoms with Crippen molar-refractivity contribution in [2.75, 3.05) is 5.32 Å². The molecular formula is C23H17Cl2N3O4. The molecule has 0 saturated heterocycles. The minimum atomic E-state index is -0.955. The largest absolute Gasteiger partial charge is 0.423 e. The SMILES string of the molecule is C/C(=N\NC(=O)C(=O)Nc1ccc(Cl)c(Cl)c1)c1ccc(OC(=O)c2ccccc2)cc1. The zero-order chi connectivity index (χ0) is 23.1. The van der Waals surface area contributed by atoms with Crippen LogP contribution in [0.3, 0.4) is 0 Å². The molecule has 0 bridgehead atoms. The number of anilines is 1. The molecule has 32 heavy (non-hydrogen) atoms. The zero-order valence-electron chi connectivity index (χ0n) is 16.8. The number of nitrogens with zero attached hydrogens (tertiary/aromatic N) is 1. The summed E-state index contributed by atoms with van der Waals surface area (Å²) in [5, 5.41) is 6.90. The molecule has 9 heteroatoms. The molecule has 0 atom stereocenters. The standard InChI is InChI=1S/C23H17Cl2N3O4/c1-14(27-28-22(30)21(29)26-17-9-12-19(24)20(25)13-17)15-7-10-18(11-8-15)32-23(31)16-5-3-2-4-6-16/h2-13H,1H3,(H,26,29)(H,28,30)/b27-14+. The van der Waals surface area contributed by atoms with Crippen LogP contribution in [0.25, 0.3) is 0 Å². The van der Waals surface area contributed by atoms with Crippen LogP contribution in [0.1, 0.15) is 22.8 Å². The molecule has 0 spiro atoms. The highest BCUT2D eigenvalue weighted by Crippen LogP contribution is 2.24. The second kappa shape index (κ2) is 10.6. The van der Waals surface area contributed by atoms with E-state index in [9.17, 15) is 14.4 Å². The van der Waals surface area contributed by atoms with E-state index in [0.717, 1.165) is 0 Å². The molecule has 0 saturated carbocycles. The number of hydrazone groups is 1. The number of carbonyl (C=O) groups is 3. The molecule has 2 amide bonds. The Labute approximate surface area is 194 Å². The van der Waals surface area contributed by atoms with Gasteiger partial charge in [0.15, 0.2) is 0 Å². The minimum absolute atomic E-state index is 0.247. The van der Waals surface area contributed by atoms with E-state index in [1.165, 1.54) is 18.2 Å². The van der Waals surface area contributed by atoms with Crippen molar-refractivity contribution in [2.45, 2.75) is 6.92 Å². The van der Waals surface area contributed by atoms with Crippen molar-refractivity contribution in [2.24, 2.45) is 5.10 Å². The van der Waals surface area contributed by atoms with E-state index in [-0.39, 0.29) is 5.02 Å². The summed E-state index contributed by atoms with van der Waals surface area (Å²) < 4.78 is 5.32. The van der Waals surface area contributed by atoms with Gasteiger partial charge < -0.3 is 10.1 Å². The Morgan fingerprint density at radius 3 is 2.16 bits per heavy atom. The van der Waals surface area contributed by atoms with E-state index in [1.807, 2.05) is 6.07 Å². The fraction of sp³-hybridized carbons (Fsp3) is 0.0435. The van der Waals surface area contributed by atoms with Crippen LogP contribution >= 0.6 is 23.2 Å². The van der Waals surface area contributed by atoms with Gasteiger partial charge in [-0.1, -0.05) is 41.4 Å². The van der Waals surface area contributed by atoms with Crippen LogP contribution in [-0.4, -0.2) is 23.5 Å². The van der Waals surface area contributed by atoms with Crippen molar-refractivity contribution in [3.63, 3.8) is 0 Å². The van der Waals surface area contributed by atoms with Gasteiger partial charge in [-0.3, -0.25) is 9.59 Å². The van der Waals surface area contributed by atoms with Crippen LogP contribution in [0.2, 0.25) is 10.0 Å². The zero-order valence-corrected chi connectivity index (χ0v) is 18.3. The van der Waals surface area contributed by atoms with Crippen molar-refractivity contribution in [1.82, 2.24) is 5.43 Å². The van der Waals surface area contributed by atoms with Crippen molar-refractivity contribution >= 4 is 52.4 Å². The van der Waals surface area contributed by atoms with Gasteiger partial charge in [0.05, 0.1) is 21.3 Å². The Morgan fingerprint density at radius 1 is 0.812 bits per heavy atom. The number of hydrogen-bond donors (Lipinski definition) is 2. The molecule has 3 aromatic rings. The predicted molar refractivity (Wildman–Crippen MR) is 123 cm³/mol. The highest BCUT2D eigenvalue weighted by Gasteiger charge is 2.14. The molecule has 0 fully saturated rings. The van der Waals surface area contributed by atoms with Crippen molar-refractivity contribution < 1.29 is 19.1 Å². The number of ether oxygens (including phenoxy) is 1. The lowest BCUT2D eigenvalue weighted by atomic mass is 10.1. The van der Waals surface area contributed by atoms with Gasteiger partial charge in [0, 0.05) is 5.69 Å². The molecule has 3 aromatic carbocycles. The van der Waals surface area contributed by atoms with Crippen LogP contribution in [0.5, 0.6) is 5.75 Å². The summed E-state index contributed by atoms with van der Waals surface area (Å²) in [7, 11) is 0. The minimum Gasteiger partial charge on any atom is -0.423 e. The molecule has 2 N–H and O–H groups in total. The van der Waals surface area contributed by atoms with E-state index in [1.54, 1.807) is 55.5 Å². The molecule has 0 aliphatic heterocycles. The maximum atomic E-state index is 12.1. The molecule has 3 rings (SSSR count). The first-order chi connectivity index (χ1) is 15.3. The third-order valence-electron chi connectivity index (χ3n) is 4.20. The Hall–Kier alpha value is -3.68. The Balaban J connectivity index is 1.56. The quantitative estimate of drug-likeness (QED) is 0.186. The van der Waals surface area contributed by atoms with E-state index < -0.39 is 17.8 Å². The monoisotopic (exact) mass is 469 g/mol. The number of esters is 1. The molecule has 0 radical (unpaired) electrons. The fourth-order valence-corrected chi connectivity index (χ4v) is 2.81. The predicted octanol–water partition coefficient (Wildman–Crippen LogP) is 4.69. The molecule has 0 unspecified atom stereocenters. The van der Waals surface area contributed by atoms with Gasteiger partial charge in [0.1, 0.15) is 5.75 Å². The molecular weight excluding hydrogens is 453 g/mol. The van der Waals surface area contributed by atoms with Crippen LogP contribution in [-0.2, 0) is 9.59 Å². The lowest BCUT2D eigenvalue weighted by molar-refractivity contribution is -0.136. The average Bonchev–Trinajstić information content (AvgIpc) is 2.80. The summed E-state index contributed by atoms with van der Waals surface area (Å²) >= 11 is 11.7. The lowest BCUT2D eigenvalue weighted by Gasteiger charge is -2.07. The molecule has 0 aromatic heterocycles. The van der Waals surface area contributed by atoms with E-state index >= 15 is 0 Å². The average molecular weight is 470 g/mol. The highest BCUT2D eigenvalue weighted by molar-refractivity contribution is 6.43. The fourth-order valence-electron chi connectivity index (χ4n) is 2.52. The van der Waals surface area contributed by atoms with E-state index in [4.69, 9.17) is 27.9 Å². The van der Waals surface area contributed by atoms with Gasteiger partial charge in [-0.15, -0.1) is 0 Å². The number of nitrogens with one attached hydrogen (secondary N) is 2. The molecule has 7 nitrogen and oxygen atoms in total. The summed E-state index contributed by atoms with van der Waals surface area (Å²) in [5.74, 6) is -1.98. The molecule has 162 valence electrons. The molecule has 0 aliphatic rings. The number of carbonyl (C=O) groups excluding carboxylic acids is 3. The summed E-state index contributed by atoms with van der Waals surface area (Å²) in [4.78, 5) is 36.1. The Kier molecular flexibility index (Phi) is 7.59. The molecule has 0 aliphatic carbocycles.